The lowest BCUT2D eigenvalue weighted by Crippen LogP contribution is -2.29. The highest BCUT2D eigenvalue weighted by molar-refractivity contribution is 5.13. The van der Waals surface area contributed by atoms with Crippen molar-refractivity contribution < 1.29 is 20.1 Å². The zero-order valence-electron chi connectivity index (χ0n) is 12.2. The van der Waals surface area contributed by atoms with Crippen LogP contribution in [0.1, 0.15) is 12.5 Å². The van der Waals surface area contributed by atoms with E-state index in [1.807, 2.05) is 42.2 Å². The van der Waals surface area contributed by atoms with Gasteiger partial charge in [-0.15, -0.1) is 0 Å². The fraction of sp³-hybridized carbons (Fsp3) is 0.600. The van der Waals surface area contributed by atoms with E-state index in [-0.39, 0.29) is 19.8 Å². The molecule has 0 bridgehead atoms. The molecule has 1 aromatic carbocycles. The molecule has 5 nitrogen and oxygen atoms in total. The van der Waals surface area contributed by atoms with Crippen LogP contribution in [0.15, 0.2) is 30.3 Å². The monoisotopic (exact) mass is 285 g/mol. The van der Waals surface area contributed by atoms with E-state index in [0.717, 1.165) is 12.1 Å². The van der Waals surface area contributed by atoms with Crippen LogP contribution >= 0.6 is 0 Å². The quantitative estimate of drug-likeness (QED) is 0.576. The fourth-order valence-corrected chi connectivity index (χ4v) is 1.54. The van der Waals surface area contributed by atoms with Gasteiger partial charge in [0.15, 0.2) is 0 Å². The molecule has 0 aliphatic carbocycles. The Morgan fingerprint density at radius 2 is 1.55 bits per heavy atom. The summed E-state index contributed by atoms with van der Waals surface area (Å²) in [5.41, 5.74) is 1.14. The Bertz CT molecular complexity index is 289. The average Bonchev–Trinajstić information content (AvgIpc) is 2.49. The van der Waals surface area contributed by atoms with Crippen molar-refractivity contribution in [3.63, 3.8) is 0 Å². The van der Waals surface area contributed by atoms with Gasteiger partial charge in [-0.3, -0.25) is 4.90 Å². The molecule has 0 aromatic heterocycles. The lowest BCUT2D eigenvalue weighted by Gasteiger charge is -2.16. The first-order valence-corrected chi connectivity index (χ1v) is 6.95. The van der Waals surface area contributed by atoms with Crippen LogP contribution in [0.5, 0.6) is 0 Å². The predicted octanol–water partition coefficient (Wildman–Crippen LogP) is 0.488. The number of benzene rings is 1. The van der Waals surface area contributed by atoms with Crippen molar-refractivity contribution in [3.8, 4) is 0 Å². The Morgan fingerprint density at radius 3 is 2.00 bits per heavy atom. The van der Waals surface area contributed by atoms with Crippen molar-refractivity contribution in [2.24, 2.45) is 0 Å². The van der Waals surface area contributed by atoms with Gasteiger partial charge in [0.2, 0.25) is 0 Å². The summed E-state index contributed by atoms with van der Waals surface area (Å²) in [6.07, 6.45) is 0. The van der Waals surface area contributed by atoms with E-state index >= 15 is 0 Å². The minimum Gasteiger partial charge on any atom is -0.395 e. The highest BCUT2D eigenvalue weighted by atomic mass is 16.5. The van der Waals surface area contributed by atoms with Crippen LogP contribution in [-0.2, 0) is 11.3 Å². The van der Waals surface area contributed by atoms with Gasteiger partial charge in [-0.1, -0.05) is 37.3 Å². The molecule has 0 aliphatic rings. The van der Waals surface area contributed by atoms with E-state index in [2.05, 4.69) is 0 Å². The summed E-state index contributed by atoms with van der Waals surface area (Å²) >= 11 is 0. The van der Waals surface area contributed by atoms with Crippen LogP contribution in [-0.4, -0.2) is 66.3 Å². The molecule has 20 heavy (non-hydrogen) atoms. The van der Waals surface area contributed by atoms with Crippen LogP contribution in [0.25, 0.3) is 0 Å². The third kappa shape index (κ3) is 10.9. The number of hydrogen-bond acceptors (Lipinski definition) is 5. The summed E-state index contributed by atoms with van der Waals surface area (Å²) in [7, 11) is 0. The highest BCUT2D eigenvalue weighted by Gasteiger charge is 1.97. The first-order chi connectivity index (χ1) is 9.78. The smallest absolute Gasteiger partial charge is 0.0718 e. The minimum atomic E-state index is 0.0901. The van der Waals surface area contributed by atoms with Crippen LogP contribution in [0.3, 0.4) is 0 Å². The number of hydrogen-bond donors (Lipinski definition) is 3. The molecule has 0 saturated heterocycles. The molecule has 5 heteroatoms. The number of rotatable bonds is 9. The Hall–Kier alpha value is -0.980. The van der Waals surface area contributed by atoms with Gasteiger partial charge in [-0.05, 0) is 12.1 Å². The molecular formula is C15H27NO4. The van der Waals surface area contributed by atoms with Crippen LogP contribution in [0, 0.1) is 0 Å². The highest BCUT2D eigenvalue weighted by Crippen LogP contribution is 1.99. The van der Waals surface area contributed by atoms with E-state index in [4.69, 9.17) is 20.1 Å². The summed E-state index contributed by atoms with van der Waals surface area (Å²) in [4.78, 5) is 1.99. The SMILES string of the molecule is CCN(CCO)CCO.OCCOCc1ccccc1. The molecular weight excluding hydrogens is 258 g/mol. The van der Waals surface area contributed by atoms with E-state index in [0.29, 0.717) is 26.3 Å². The largest absolute Gasteiger partial charge is 0.395 e. The van der Waals surface area contributed by atoms with Gasteiger partial charge in [-0.2, -0.15) is 0 Å². The van der Waals surface area contributed by atoms with Crippen molar-refractivity contribution >= 4 is 0 Å². The maximum Gasteiger partial charge on any atom is 0.0718 e. The zero-order valence-corrected chi connectivity index (χ0v) is 12.2. The number of nitrogens with zero attached hydrogens (tertiary/aromatic N) is 1. The molecule has 0 amide bonds. The summed E-state index contributed by atoms with van der Waals surface area (Å²) in [6, 6.07) is 9.90. The van der Waals surface area contributed by atoms with E-state index < -0.39 is 0 Å². The lowest BCUT2D eigenvalue weighted by atomic mass is 10.2. The summed E-state index contributed by atoms with van der Waals surface area (Å²) in [5, 5.41) is 25.4. The molecule has 0 radical (unpaired) electrons. The molecule has 1 aromatic rings. The van der Waals surface area contributed by atoms with Gasteiger partial charge in [0.05, 0.1) is 33.0 Å². The van der Waals surface area contributed by atoms with Crippen LogP contribution in [0.4, 0.5) is 0 Å². The maximum absolute atomic E-state index is 8.47. The normalized spacial score (nSPS) is 10.2. The first-order valence-electron chi connectivity index (χ1n) is 6.95. The number of aliphatic hydroxyl groups is 3. The minimum absolute atomic E-state index is 0.0901. The molecule has 0 saturated carbocycles. The van der Waals surface area contributed by atoms with E-state index in [1.54, 1.807) is 0 Å². The molecule has 0 heterocycles. The van der Waals surface area contributed by atoms with E-state index in [1.165, 1.54) is 0 Å². The standard InChI is InChI=1S/C9H12O2.C6H15NO2/c10-6-7-11-8-9-4-2-1-3-5-9;1-2-7(3-5-8)4-6-9/h1-5,10H,6-8H2;8-9H,2-6H2,1H3. The molecule has 3 N–H and O–H groups in total. The second-order valence-corrected chi connectivity index (χ2v) is 4.14. The van der Waals surface area contributed by atoms with Gasteiger partial charge in [0.1, 0.15) is 0 Å². The molecule has 116 valence electrons. The third-order valence-electron chi connectivity index (χ3n) is 2.63. The van der Waals surface area contributed by atoms with Crippen molar-refractivity contribution in [1.29, 1.82) is 0 Å². The van der Waals surface area contributed by atoms with Crippen molar-refractivity contribution in [3.05, 3.63) is 35.9 Å². The van der Waals surface area contributed by atoms with Crippen molar-refractivity contribution in [2.75, 3.05) is 46.1 Å². The van der Waals surface area contributed by atoms with Gasteiger partial charge < -0.3 is 20.1 Å². The second kappa shape index (κ2) is 14.4. The van der Waals surface area contributed by atoms with Gasteiger partial charge in [-0.25, -0.2) is 0 Å². The maximum atomic E-state index is 8.47. The molecule has 0 unspecified atom stereocenters. The fourth-order valence-electron chi connectivity index (χ4n) is 1.54. The van der Waals surface area contributed by atoms with Gasteiger partial charge in [0, 0.05) is 13.1 Å². The Balaban J connectivity index is 0.000000370. The zero-order chi connectivity index (χ0) is 15.1. The summed E-state index contributed by atoms with van der Waals surface area (Å²) in [6.45, 7) is 5.66. The topological polar surface area (TPSA) is 73.2 Å². The number of likely N-dealkylation sites (N-methyl/N-ethyl adjacent to an activating group) is 1. The number of ether oxygens (including phenoxy) is 1. The second-order valence-electron chi connectivity index (χ2n) is 4.14. The molecule has 0 atom stereocenters. The summed E-state index contributed by atoms with van der Waals surface area (Å²) < 4.78 is 5.12. The molecule has 0 spiro atoms. The van der Waals surface area contributed by atoms with Gasteiger partial charge >= 0.3 is 0 Å². The molecule has 0 aliphatic heterocycles. The van der Waals surface area contributed by atoms with Crippen LogP contribution in [0.2, 0.25) is 0 Å². The van der Waals surface area contributed by atoms with Crippen molar-refractivity contribution in [1.82, 2.24) is 4.90 Å². The Labute approximate surface area is 121 Å². The lowest BCUT2D eigenvalue weighted by molar-refractivity contribution is 0.0815. The van der Waals surface area contributed by atoms with E-state index in [9.17, 15) is 0 Å². The van der Waals surface area contributed by atoms with Gasteiger partial charge in [0.25, 0.3) is 0 Å². The third-order valence-corrected chi connectivity index (χ3v) is 2.63. The number of aliphatic hydroxyl groups excluding tert-OH is 3. The van der Waals surface area contributed by atoms with Crippen molar-refractivity contribution in [2.45, 2.75) is 13.5 Å². The Morgan fingerprint density at radius 1 is 0.950 bits per heavy atom. The first kappa shape index (κ1) is 19.0. The average molecular weight is 285 g/mol. The molecule has 0 fully saturated rings. The Kier molecular flexibility index (Phi) is 13.7. The summed E-state index contributed by atoms with van der Waals surface area (Å²) in [5.74, 6) is 0. The molecule has 1 rings (SSSR count). The van der Waals surface area contributed by atoms with Crippen LogP contribution < -0.4 is 0 Å². The predicted molar refractivity (Wildman–Crippen MR) is 79.5 cm³/mol.